The first-order chi connectivity index (χ1) is 8.22. The van der Waals surface area contributed by atoms with Gasteiger partial charge in [-0.3, -0.25) is 0 Å². The number of rotatable bonds is 2. The average molecular weight is 229 g/mol. The van der Waals surface area contributed by atoms with Crippen molar-refractivity contribution < 1.29 is 0 Å². The first-order valence-corrected chi connectivity index (χ1v) is 7.08. The number of hydrogen-bond acceptors (Lipinski definition) is 1. The fourth-order valence-corrected chi connectivity index (χ4v) is 3.48. The van der Waals surface area contributed by atoms with Crippen LogP contribution in [0.5, 0.6) is 0 Å². The summed E-state index contributed by atoms with van der Waals surface area (Å²) in [5.74, 6) is 1.45. The van der Waals surface area contributed by atoms with Crippen molar-refractivity contribution in [1.29, 1.82) is 0 Å². The van der Waals surface area contributed by atoms with E-state index >= 15 is 0 Å². The molecular weight excluding hydrogens is 206 g/mol. The Kier molecular flexibility index (Phi) is 2.96. The molecule has 0 spiro atoms. The summed E-state index contributed by atoms with van der Waals surface area (Å²) in [7, 11) is 0. The fraction of sp³-hybridized carbons (Fsp3) is 0.625. The van der Waals surface area contributed by atoms with Gasteiger partial charge in [-0.05, 0) is 48.6 Å². The molecule has 0 aliphatic carbocycles. The van der Waals surface area contributed by atoms with Crippen molar-refractivity contribution in [2.24, 2.45) is 0 Å². The van der Waals surface area contributed by atoms with E-state index in [-0.39, 0.29) is 0 Å². The minimum atomic E-state index is 0.647. The maximum atomic E-state index is 3.72. The van der Waals surface area contributed by atoms with Crippen LogP contribution in [-0.4, -0.2) is 12.1 Å². The second kappa shape index (κ2) is 4.45. The number of benzene rings is 1. The highest BCUT2D eigenvalue weighted by Crippen LogP contribution is 2.37. The Hall–Kier alpha value is -0.820. The van der Waals surface area contributed by atoms with Crippen LogP contribution < -0.4 is 5.32 Å². The molecule has 1 aromatic rings. The largest absolute Gasteiger partial charge is 0.311 e. The highest BCUT2D eigenvalue weighted by Gasteiger charge is 2.33. The van der Waals surface area contributed by atoms with E-state index in [1.165, 1.54) is 31.2 Å². The third-order valence-electron chi connectivity index (χ3n) is 4.55. The fourth-order valence-electron chi connectivity index (χ4n) is 3.48. The lowest BCUT2D eigenvalue weighted by atomic mass is 9.85. The van der Waals surface area contributed by atoms with E-state index in [1.807, 2.05) is 0 Å². The predicted octanol–water partition coefficient (Wildman–Crippen LogP) is 3.81. The zero-order chi connectivity index (χ0) is 11.8. The molecule has 2 heterocycles. The maximum absolute atomic E-state index is 3.72. The lowest BCUT2D eigenvalue weighted by Gasteiger charge is -2.29. The summed E-state index contributed by atoms with van der Waals surface area (Å²) in [5, 5.41) is 3.72. The van der Waals surface area contributed by atoms with Gasteiger partial charge in [-0.25, -0.2) is 0 Å². The Balaban J connectivity index is 1.75. The van der Waals surface area contributed by atoms with Gasteiger partial charge in [0.1, 0.15) is 0 Å². The molecule has 2 unspecified atom stereocenters. The second-order valence-electron chi connectivity index (χ2n) is 6.13. The Morgan fingerprint density at radius 1 is 1.00 bits per heavy atom. The summed E-state index contributed by atoms with van der Waals surface area (Å²) in [6, 6.07) is 11.0. The number of fused-ring (bicyclic) bond motifs is 2. The van der Waals surface area contributed by atoms with Gasteiger partial charge in [-0.1, -0.05) is 38.1 Å². The van der Waals surface area contributed by atoms with Crippen LogP contribution in [-0.2, 0) is 0 Å². The molecule has 0 saturated carbocycles. The van der Waals surface area contributed by atoms with E-state index in [2.05, 4.69) is 43.4 Å². The summed E-state index contributed by atoms with van der Waals surface area (Å²) in [4.78, 5) is 0. The van der Waals surface area contributed by atoms with Gasteiger partial charge in [0.15, 0.2) is 0 Å². The second-order valence-corrected chi connectivity index (χ2v) is 6.13. The molecule has 2 atom stereocenters. The topological polar surface area (TPSA) is 12.0 Å². The zero-order valence-corrected chi connectivity index (χ0v) is 10.9. The lowest BCUT2D eigenvalue weighted by molar-refractivity contribution is 0.363. The van der Waals surface area contributed by atoms with E-state index < -0.39 is 0 Å². The molecule has 3 rings (SSSR count). The van der Waals surface area contributed by atoms with Gasteiger partial charge in [-0.2, -0.15) is 0 Å². The summed E-state index contributed by atoms with van der Waals surface area (Å²) in [6.45, 7) is 4.53. The molecule has 0 radical (unpaired) electrons. The van der Waals surface area contributed by atoms with Gasteiger partial charge in [-0.15, -0.1) is 0 Å². The molecule has 1 aromatic carbocycles. The van der Waals surface area contributed by atoms with Gasteiger partial charge in [0.2, 0.25) is 0 Å². The maximum Gasteiger partial charge on any atom is 0.00760 e. The molecule has 92 valence electrons. The quantitative estimate of drug-likeness (QED) is 0.813. The van der Waals surface area contributed by atoms with Crippen LogP contribution in [0.15, 0.2) is 24.3 Å². The van der Waals surface area contributed by atoms with Gasteiger partial charge in [0.05, 0.1) is 0 Å². The van der Waals surface area contributed by atoms with Crippen molar-refractivity contribution in [1.82, 2.24) is 5.32 Å². The van der Waals surface area contributed by atoms with E-state index in [0.717, 1.165) is 18.0 Å². The Morgan fingerprint density at radius 3 is 2.12 bits per heavy atom. The van der Waals surface area contributed by atoms with Crippen LogP contribution in [0.3, 0.4) is 0 Å². The smallest absolute Gasteiger partial charge is 0.00760 e. The minimum absolute atomic E-state index is 0.647. The molecule has 1 N–H and O–H groups in total. The van der Waals surface area contributed by atoms with Crippen molar-refractivity contribution in [3.63, 3.8) is 0 Å². The van der Waals surface area contributed by atoms with Gasteiger partial charge < -0.3 is 5.32 Å². The lowest BCUT2D eigenvalue weighted by Crippen LogP contribution is -2.37. The van der Waals surface area contributed by atoms with Crippen LogP contribution in [0.2, 0.25) is 0 Å². The van der Waals surface area contributed by atoms with Crippen LogP contribution in [0.25, 0.3) is 0 Å². The first-order valence-electron chi connectivity index (χ1n) is 7.08. The highest BCUT2D eigenvalue weighted by atomic mass is 15.0. The molecule has 1 nitrogen and oxygen atoms in total. The van der Waals surface area contributed by atoms with E-state index in [0.29, 0.717) is 5.92 Å². The molecule has 2 aliphatic heterocycles. The number of hydrogen-bond donors (Lipinski definition) is 1. The summed E-state index contributed by atoms with van der Waals surface area (Å²) >= 11 is 0. The van der Waals surface area contributed by atoms with Crippen molar-refractivity contribution >= 4 is 0 Å². The standard InChI is InChI=1S/C16H23N/c1-11(2)12-3-5-13(6-4-12)14-9-15-7-8-16(10-14)17-15/h3-6,11,14-17H,7-10H2,1-2H3. The Bertz CT molecular complexity index is 367. The van der Waals surface area contributed by atoms with Crippen molar-refractivity contribution in [3.8, 4) is 0 Å². The molecule has 1 heteroatoms. The van der Waals surface area contributed by atoms with Crippen molar-refractivity contribution in [2.75, 3.05) is 0 Å². The highest BCUT2D eigenvalue weighted by molar-refractivity contribution is 5.28. The van der Waals surface area contributed by atoms with Crippen LogP contribution in [0.1, 0.15) is 62.5 Å². The molecule has 2 aliphatic rings. The molecule has 2 fully saturated rings. The predicted molar refractivity (Wildman–Crippen MR) is 72.5 cm³/mol. The normalized spacial score (nSPS) is 32.1. The molecule has 2 saturated heterocycles. The first kappa shape index (κ1) is 11.3. The molecule has 17 heavy (non-hydrogen) atoms. The minimum Gasteiger partial charge on any atom is -0.311 e. The molecule has 0 amide bonds. The molecular formula is C16H23N. The number of piperidine rings is 1. The summed E-state index contributed by atoms with van der Waals surface area (Å²) in [6.07, 6.45) is 5.48. The average Bonchev–Trinajstić information content (AvgIpc) is 2.68. The summed E-state index contributed by atoms with van der Waals surface area (Å²) < 4.78 is 0. The number of nitrogens with one attached hydrogen (secondary N) is 1. The van der Waals surface area contributed by atoms with Gasteiger partial charge in [0, 0.05) is 12.1 Å². The van der Waals surface area contributed by atoms with Crippen LogP contribution in [0, 0.1) is 0 Å². The molecule has 0 aromatic heterocycles. The van der Waals surface area contributed by atoms with E-state index in [9.17, 15) is 0 Å². The van der Waals surface area contributed by atoms with E-state index in [4.69, 9.17) is 0 Å². The Morgan fingerprint density at radius 2 is 1.59 bits per heavy atom. The molecule has 2 bridgehead atoms. The monoisotopic (exact) mass is 229 g/mol. The Labute approximate surface area is 105 Å². The SMILES string of the molecule is CC(C)c1ccc(C2CC3CCC(C2)N3)cc1. The van der Waals surface area contributed by atoms with Crippen LogP contribution in [0.4, 0.5) is 0 Å². The third kappa shape index (κ3) is 2.26. The van der Waals surface area contributed by atoms with Crippen molar-refractivity contribution in [2.45, 2.75) is 63.5 Å². The van der Waals surface area contributed by atoms with Crippen LogP contribution >= 0.6 is 0 Å². The van der Waals surface area contributed by atoms with Gasteiger partial charge in [0.25, 0.3) is 0 Å². The van der Waals surface area contributed by atoms with E-state index in [1.54, 1.807) is 5.56 Å². The zero-order valence-electron chi connectivity index (χ0n) is 10.9. The van der Waals surface area contributed by atoms with Gasteiger partial charge >= 0.3 is 0 Å². The summed E-state index contributed by atoms with van der Waals surface area (Å²) in [5.41, 5.74) is 3.03. The van der Waals surface area contributed by atoms with Crippen molar-refractivity contribution in [3.05, 3.63) is 35.4 Å². The third-order valence-corrected chi connectivity index (χ3v) is 4.55.